The average molecular weight is 387 g/mol. The number of anilines is 1. The number of amides is 1. The number of carbonyl (C=O) groups excluding carboxylic acids is 1. The normalized spacial score (nSPS) is 11.4. The van der Waals surface area contributed by atoms with Crippen LogP contribution in [-0.2, 0) is 17.5 Å². The first-order valence-electron chi connectivity index (χ1n) is 8.04. The number of nitrogens with zero attached hydrogens (tertiary/aromatic N) is 2. The third kappa shape index (κ3) is 5.70. The summed E-state index contributed by atoms with van der Waals surface area (Å²) in [4.78, 5) is 17.5. The zero-order valence-electron chi connectivity index (χ0n) is 14.5. The van der Waals surface area contributed by atoms with Crippen LogP contribution < -0.4 is 15.0 Å². The van der Waals surface area contributed by atoms with Crippen molar-refractivity contribution in [1.29, 1.82) is 0 Å². The summed E-state index contributed by atoms with van der Waals surface area (Å²) in [6.07, 6.45) is -4.35. The first-order chi connectivity index (χ1) is 12.3. The lowest BCUT2D eigenvalue weighted by Gasteiger charge is -2.14. The van der Waals surface area contributed by atoms with Crippen molar-refractivity contribution in [2.24, 2.45) is 0 Å². The first-order valence-corrected chi connectivity index (χ1v) is 8.92. The van der Waals surface area contributed by atoms with Crippen LogP contribution in [0.1, 0.15) is 25.1 Å². The van der Waals surface area contributed by atoms with Gasteiger partial charge in [-0.1, -0.05) is 0 Å². The van der Waals surface area contributed by atoms with E-state index >= 15 is 0 Å². The summed E-state index contributed by atoms with van der Waals surface area (Å²) in [5, 5.41) is 5.69. The average Bonchev–Trinajstić information content (AvgIpc) is 3.03. The quantitative estimate of drug-likeness (QED) is 0.702. The number of carbonyl (C=O) groups is 1. The van der Waals surface area contributed by atoms with Crippen LogP contribution in [0.25, 0.3) is 0 Å². The number of aromatic nitrogens is 1. The summed E-state index contributed by atoms with van der Waals surface area (Å²) >= 11 is 1.41. The van der Waals surface area contributed by atoms with E-state index in [0.717, 1.165) is 17.8 Å². The predicted octanol–water partition coefficient (Wildman–Crippen LogP) is 3.70. The van der Waals surface area contributed by atoms with Crippen LogP contribution in [0.3, 0.4) is 0 Å². The molecule has 0 aliphatic heterocycles. The summed E-state index contributed by atoms with van der Waals surface area (Å²) in [7, 11) is 0. The van der Waals surface area contributed by atoms with E-state index in [2.05, 4.69) is 10.3 Å². The molecule has 0 aliphatic carbocycles. The SMILES string of the molecule is CCN(C(C)=O)c1nc(CNCCOc2ccc(C(F)(F)F)cc2)cs1. The Bertz CT molecular complexity index is 717. The Labute approximate surface area is 153 Å². The van der Waals surface area contributed by atoms with Gasteiger partial charge in [0, 0.05) is 31.9 Å². The minimum Gasteiger partial charge on any atom is -0.492 e. The fourth-order valence-corrected chi connectivity index (χ4v) is 3.12. The van der Waals surface area contributed by atoms with Crippen LogP contribution in [-0.4, -0.2) is 30.6 Å². The van der Waals surface area contributed by atoms with Crippen molar-refractivity contribution >= 4 is 22.4 Å². The molecule has 0 atom stereocenters. The second-order valence-corrected chi connectivity index (χ2v) is 6.27. The first kappa shape index (κ1) is 20.2. The minimum absolute atomic E-state index is 0.0497. The second-order valence-electron chi connectivity index (χ2n) is 5.43. The zero-order valence-corrected chi connectivity index (χ0v) is 15.3. The van der Waals surface area contributed by atoms with Crippen molar-refractivity contribution in [1.82, 2.24) is 10.3 Å². The molecule has 0 aliphatic rings. The van der Waals surface area contributed by atoms with Crippen molar-refractivity contribution in [2.75, 3.05) is 24.6 Å². The third-order valence-electron chi connectivity index (χ3n) is 3.50. The van der Waals surface area contributed by atoms with Crippen molar-refractivity contribution in [2.45, 2.75) is 26.6 Å². The van der Waals surface area contributed by atoms with E-state index in [1.807, 2.05) is 12.3 Å². The number of hydrogen-bond acceptors (Lipinski definition) is 5. The monoisotopic (exact) mass is 387 g/mol. The van der Waals surface area contributed by atoms with Gasteiger partial charge in [-0.05, 0) is 31.2 Å². The molecular formula is C17H20F3N3O2S. The fourth-order valence-electron chi connectivity index (χ4n) is 2.19. The summed E-state index contributed by atoms with van der Waals surface area (Å²) in [6, 6.07) is 4.59. The van der Waals surface area contributed by atoms with Crippen LogP contribution in [0, 0.1) is 0 Å². The summed E-state index contributed by atoms with van der Waals surface area (Å²) in [5.74, 6) is 0.335. The van der Waals surface area contributed by atoms with E-state index in [0.29, 0.717) is 37.1 Å². The van der Waals surface area contributed by atoms with E-state index < -0.39 is 11.7 Å². The number of halogens is 3. The zero-order chi connectivity index (χ0) is 19.2. The molecule has 1 N–H and O–H groups in total. The summed E-state index contributed by atoms with van der Waals surface area (Å²) in [6.45, 7) is 5.30. The molecule has 0 fully saturated rings. The predicted molar refractivity (Wildman–Crippen MR) is 94.5 cm³/mol. The molecule has 9 heteroatoms. The van der Waals surface area contributed by atoms with Gasteiger partial charge in [0.05, 0.1) is 11.3 Å². The van der Waals surface area contributed by atoms with Crippen molar-refractivity contribution in [3.05, 3.63) is 40.9 Å². The highest BCUT2D eigenvalue weighted by Gasteiger charge is 2.29. The van der Waals surface area contributed by atoms with E-state index in [9.17, 15) is 18.0 Å². The highest BCUT2D eigenvalue weighted by atomic mass is 32.1. The lowest BCUT2D eigenvalue weighted by molar-refractivity contribution is -0.137. The number of ether oxygens (including phenoxy) is 1. The topological polar surface area (TPSA) is 54.5 Å². The molecule has 5 nitrogen and oxygen atoms in total. The number of hydrogen-bond donors (Lipinski definition) is 1. The largest absolute Gasteiger partial charge is 0.492 e. The molecule has 1 heterocycles. The molecule has 0 spiro atoms. The smallest absolute Gasteiger partial charge is 0.416 e. The van der Waals surface area contributed by atoms with E-state index in [1.54, 1.807) is 4.90 Å². The van der Waals surface area contributed by atoms with Crippen LogP contribution in [0.15, 0.2) is 29.6 Å². The lowest BCUT2D eigenvalue weighted by Crippen LogP contribution is -2.27. The molecule has 2 aromatic rings. The molecule has 1 amide bonds. The molecule has 1 aromatic heterocycles. The molecular weight excluding hydrogens is 367 g/mol. The second kappa shape index (κ2) is 9.00. The molecule has 0 saturated heterocycles. The summed E-state index contributed by atoms with van der Waals surface area (Å²) in [5.41, 5.74) is 0.119. The molecule has 1 aromatic carbocycles. The Hall–Kier alpha value is -2.13. The molecule has 0 bridgehead atoms. The van der Waals surface area contributed by atoms with Gasteiger partial charge in [0.15, 0.2) is 5.13 Å². The van der Waals surface area contributed by atoms with Crippen LogP contribution >= 0.6 is 11.3 Å². The molecule has 142 valence electrons. The van der Waals surface area contributed by atoms with Crippen LogP contribution in [0.5, 0.6) is 5.75 Å². The number of rotatable bonds is 8. The maximum Gasteiger partial charge on any atom is 0.416 e. The van der Waals surface area contributed by atoms with Gasteiger partial charge in [-0.2, -0.15) is 13.2 Å². The Kier molecular flexibility index (Phi) is 6.98. The third-order valence-corrected chi connectivity index (χ3v) is 4.41. The number of benzene rings is 1. The highest BCUT2D eigenvalue weighted by Crippen LogP contribution is 2.30. The maximum absolute atomic E-state index is 12.5. The number of thiazole rings is 1. The highest BCUT2D eigenvalue weighted by molar-refractivity contribution is 7.14. The van der Waals surface area contributed by atoms with Gasteiger partial charge in [-0.3, -0.25) is 9.69 Å². The van der Waals surface area contributed by atoms with Crippen LogP contribution in [0.2, 0.25) is 0 Å². The van der Waals surface area contributed by atoms with Gasteiger partial charge in [0.1, 0.15) is 12.4 Å². The van der Waals surface area contributed by atoms with E-state index in [4.69, 9.17) is 4.74 Å². The van der Waals surface area contributed by atoms with Gasteiger partial charge < -0.3 is 10.1 Å². The van der Waals surface area contributed by atoms with Gasteiger partial charge >= 0.3 is 6.18 Å². The molecule has 26 heavy (non-hydrogen) atoms. The summed E-state index contributed by atoms with van der Waals surface area (Å²) < 4.78 is 42.8. The Morgan fingerprint density at radius 2 is 2.00 bits per heavy atom. The van der Waals surface area contributed by atoms with Gasteiger partial charge in [-0.15, -0.1) is 11.3 Å². The molecule has 0 unspecified atom stereocenters. The molecule has 2 rings (SSSR count). The molecule has 0 saturated carbocycles. The minimum atomic E-state index is -4.35. The van der Waals surface area contributed by atoms with Crippen molar-refractivity contribution < 1.29 is 22.7 Å². The Morgan fingerprint density at radius 1 is 1.31 bits per heavy atom. The maximum atomic E-state index is 12.5. The van der Waals surface area contributed by atoms with Crippen molar-refractivity contribution in [3.8, 4) is 5.75 Å². The van der Waals surface area contributed by atoms with Crippen molar-refractivity contribution in [3.63, 3.8) is 0 Å². The standard InChI is InChI=1S/C17H20F3N3O2S/c1-3-23(12(2)24)16-22-14(11-26-16)10-21-8-9-25-15-6-4-13(5-7-15)17(18,19)20/h4-7,11,21H,3,8-10H2,1-2H3. The Balaban J connectivity index is 1.72. The van der Waals surface area contributed by atoms with Gasteiger partial charge in [-0.25, -0.2) is 4.98 Å². The number of alkyl halides is 3. The fraction of sp³-hybridized carbons (Fsp3) is 0.412. The molecule has 0 radical (unpaired) electrons. The van der Waals surface area contributed by atoms with Crippen LogP contribution in [0.4, 0.5) is 18.3 Å². The van der Waals surface area contributed by atoms with E-state index in [-0.39, 0.29) is 5.91 Å². The van der Waals surface area contributed by atoms with E-state index in [1.165, 1.54) is 30.4 Å². The van der Waals surface area contributed by atoms with Gasteiger partial charge in [0.2, 0.25) is 5.91 Å². The number of nitrogens with one attached hydrogen (secondary N) is 1. The Morgan fingerprint density at radius 3 is 2.58 bits per heavy atom. The lowest BCUT2D eigenvalue weighted by atomic mass is 10.2. The van der Waals surface area contributed by atoms with Gasteiger partial charge in [0.25, 0.3) is 0 Å².